The third-order valence-corrected chi connectivity index (χ3v) is 7.88. The number of aromatic nitrogens is 1. The van der Waals surface area contributed by atoms with Crippen LogP contribution in [0.2, 0.25) is 0 Å². The highest BCUT2D eigenvalue weighted by Gasteiger charge is 2.41. The predicted molar refractivity (Wildman–Crippen MR) is 145 cm³/mol. The molecule has 228 valence electrons. The summed E-state index contributed by atoms with van der Waals surface area (Å²) in [6.07, 6.45) is -5.28. The van der Waals surface area contributed by atoms with Crippen molar-refractivity contribution in [1.82, 2.24) is 4.98 Å². The second kappa shape index (κ2) is 11.5. The lowest BCUT2D eigenvalue weighted by molar-refractivity contribution is -0.202. The van der Waals surface area contributed by atoms with Gasteiger partial charge in [-0.2, -0.15) is 8.78 Å². The molecule has 0 atom stereocenters. The first-order valence-electron chi connectivity index (χ1n) is 13.0. The molecule has 0 saturated carbocycles. The molecule has 6 rings (SSSR count). The molecule has 0 spiro atoms. The van der Waals surface area contributed by atoms with E-state index in [-0.39, 0.29) is 23.6 Å². The first-order chi connectivity index (χ1) is 20.9. The van der Waals surface area contributed by atoms with Crippen LogP contribution in [0.25, 0.3) is 31.9 Å². The van der Waals surface area contributed by atoms with Gasteiger partial charge in [0.1, 0.15) is 33.8 Å². The Balaban J connectivity index is 1.26. The molecule has 0 aliphatic carbocycles. The van der Waals surface area contributed by atoms with Crippen LogP contribution in [-0.4, -0.2) is 18.2 Å². The molecule has 0 amide bonds. The maximum Gasteiger partial charge on any atom is 0.432 e. The van der Waals surface area contributed by atoms with Gasteiger partial charge in [0.25, 0.3) is 0 Å². The van der Waals surface area contributed by atoms with Crippen LogP contribution in [0.1, 0.15) is 24.3 Å². The average molecular weight is 638 g/mol. The maximum absolute atomic E-state index is 15.2. The lowest BCUT2D eigenvalue weighted by Gasteiger charge is -2.27. The highest BCUT2D eigenvalue weighted by Crippen LogP contribution is 2.39. The maximum atomic E-state index is 15.2. The van der Waals surface area contributed by atoms with Crippen molar-refractivity contribution in [3.8, 4) is 27.4 Å². The van der Waals surface area contributed by atoms with Gasteiger partial charge in [-0.25, -0.2) is 31.3 Å². The van der Waals surface area contributed by atoms with E-state index >= 15 is 4.39 Å². The van der Waals surface area contributed by atoms with Crippen LogP contribution >= 0.6 is 11.3 Å². The van der Waals surface area contributed by atoms with Gasteiger partial charge in [-0.05, 0) is 35.9 Å². The van der Waals surface area contributed by atoms with Crippen LogP contribution in [0.4, 0.5) is 35.1 Å². The predicted octanol–water partition coefficient (Wildman–Crippen LogP) is 9.27. The van der Waals surface area contributed by atoms with E-state index in [0.717, 1.165) is 16.3 Å². The molecule has 5 aromatic rings. The number of rotatable bonds is 6. The summed E-state index contributed by atoms with van der Waals surface area (Å²) in [7, 11) is 0. The zero-order valence-electron chi connectivity index (χ0n) is 22.4. The van der Waals surface area contributed by atoms with Crippen LogP contribution in [0, 0.1) is 40.8 Å². The van der Waals surface area contributed by atoms with E-state index in [2.05, 4.69) is 9.72 Å². The standard InChI is InChI=1S/C31H19F8NO3S/c1-14-12-41-30(42-13-14)16-3-5-25-26(9-16)44-29(40-25)15-2-4-19(20(32)6-15)17-7-21(33)27(22(34)8-17)31(38,39)43-18-10-23(35)28(37)24(36)11-18/h2-11,14,30H,12-13H2,1H3. The average Bonchev–Trinajstić information content (AvgIpc) is 3.39. The molecule has 1 aliphatic rings. The van der Waals surface area contributed by atoms with Crippen LogP contribution in [0.5, 0.6) is 5.75 Å². The number of hydrogen-bond acceptors (Lipinski definition) is 5. The Morgan fingerprint density at radius 1 is 0.773 bits per heavy atom. The molecular weight excluding hydrogens is 618 g/mol. The van der Waals surface area contributed by atoms with Gasteiger partial charge in [0.15, 0.2) is 23.7 Å². The molecule has 0 bridgehead atoms. The first kappa shape index (κ1) is 30.0. The smallest absolute Gasteiger partial charge is 0.429 e. The zero-order valence-corrected chi connectivity index (χ0v) is 23.3. The number of fused-ring (bicyclic) bond motifs is 1. The SMILES string of the molecule is CC1COC(c2ccc3nc(-c4ccc(-c5cc(F)c(C(F)(F)Oc6cc(F)c(F)c(F)c6)c(F)c5)c(F)c4)sc3c2)OC1. The molecule has 2 heterocycles. The molecule has 1 aromatic heterocycles. The highest BCUT2D eigenvalue weighted by atomic mass is 32.1. The topological polar surface area (TPSA) is 40.6 Å². The summed E-state index contributed by atoms with van der Waals surface area (Å²) in [5, 5.41) is 0.458. The number of alkyl halides is 2. The summed E-state index contributed by atoms with van der Waals surface area (Å²) in [5.74, 6) is -11.1. The molecule has 4 nitrogen and oxygen atoms in total. The molecular formula is C31H19F8NO3S. The minimum Gasteiger partial charge on any atom is -0.429 e. The lowest BCUT2D eigenvalue weighted by Crippen LogP contribution is -2.25. The Bertz CT molecular complexity index is 1840. The molecule has 1 aliphatic heterocycles. The van der Waals surface area contributed by atoms with Gasteiger partial charge in [-0.15, -0.1) is 11.3 Å². The van der Waals surface area contributed by atoms with E-state index in [9.17, 15) is 30.7 Å². The van der Waals surface area contributed by atoms with Gasteiger partial charge in [0.2, 0.25) is 0 Å². The molecule has 0 N–H and O–H groups in total. The van der Waals surface area contributed by atoms with Gasteiger partial charge in [0, 0.05) is 34.7 Å². The van der Waals surface area contributed by atoms with Crippen LogP contribution in [0.15, 0.2) is 60.7 Å². The molecule has 4 aromatic carbocycles. The summed E-state index contributed by atoms with van der Waals surface area (Å²) < 4.78 is 131. The largest absolute Gasteiger partial charge is 0.432 e. The number of ether oxygens (including phenoxy) is 3. The van der Waals surface area contributed by atoms with Gasteiger partial charge in [-0.3, -0.25) is 0 Å². The van der Waals surface area contributed by atoms with Gasteiger partial charge >= 0.3 is 6.11 Å². The molecule has 0 radical (unpaired) electrons. The fourth-order valence-corrected chi connectivity index (χ4v) is 5.69. The fourth-order valence-electron chi connectivity index (χ4n) is 4.68. The number of hydrogen-bond donors (Lipinski definition) is 0. The molecule has 44 heavy (non-hydrogen) atoms. The van der Waals surface area contributed by atoms with Gasteiger partial charge in [-0.1, -0.05) is 25.1 Å². The quantitative estimate of drug-likeness (QED) is 0.138. The van der Waals surface area contributed by atoms with Gasteiger partial charge in [0.05, 0.1) is 23.4 Å². The van der Waals surface area contributed by atoms with Gasteiger partial charge < -0.3 is 14.2 Å². The number of thiazole rings is 1. The van der Waals surface area contributed by atoms with Crippen molar-refractivity contribution in [1.29, 1.82) is 0 Å². The zero-order chi connectivity index (χ0) is 31.3. The number of halogens is 8. The van der Waals surface area contributed by atoms with Crippen molar-refractivity contribution in [3.05, 3.63) is 107 Å². The summed E-state index contributed by atoms with van der Waals surface area (Å²) in [6.45, 7) is 3.14. The second-order valence-electron chi connectivity index (χ2n) is 10.2. The van der Waals surface area contributed by atoms with E-state index in [1.54, 1.807) is 6.07 Å². The Hall–Kier alpha value is -4.07. The summed E-state index contributed by atoms with van der Waals surface area (Å²) in [4.78, 5) is 4.53. The van der Waals surface area contributed by atoms with Crippen molar-refractivity contribution in [2.45, 2.75) is 19.3 Å². The highest BCUT2D eigenvalue weighted by molar-refractivity contribution is 7.21. The van der Waals surface area contributed by atoms with Crippen molar-refractivity contribution in [2.24, 2.45) is 5.92 Å². The molecule has 13 heteroatoms. The third kappa shape index (κ3) is 5.74. The van der Waals surface area contributed by atoms with Crippen molar-refractivity contribution >= 4 is 21.6 Å². The Morgan fingerprint density at radius 2 is 1.41 bits per heavy atom. The monoisotopic (exact) mass is 637 g/mol. The van der Waals surface area contributed by atoms with E-state index in [0.29, 0.717) is 41.4 Å². The van der Waals surface area contributed by atoms with Crippen molar-refractivity contribution in [3.63, 3.8) is 0 Å². The Labute approximate surface area is 248 Å². The summed E-state index contributed by atoms with van der Waals surface area (Å²) in [5.41, 5.74) is -0.773. The molecule has 0 unspecified atom stereocenters. The normalized spacial score (nSPS) is 17.3. The van der Waals surface area contributed by atoms with Crippen LogP contribution < -0.4 is 4.74 Å². The van der Waals surface area contributed by atoms with Crippen molar-refractivity contribution in [2.75, 3.05) is 13.2 Å². The second-order valence-corrected chi connectivity index (χ2v) is 11.2. The van der Waals surface area contributed by atoms with Crippen LogP contribution in [-0.2, 0) is 15.6 Å². The number of nitrogens with zero attached hydrogens (tertiary/aromatic N) is 1. The summed E-state index contributed by atoms with van der Waals surface area (Å²) in [6, 6.07) is 10.4. The summed E-state index contributed by atoms with van der Waals surface area (Å²) >= 11 is 1.28. The Morgan fingerprint density at radius 3 is 2.05 bits per heavy atom. The van der Waals surface area contributed by atoms with E-state index in [1.807, 2.05) is 19.1 Å². The van der Waals surface area contributed by atoms with E-state index in [4.69, 9.17) is 9.47 Å². The first-order valence-corrected chi connectivity index (χ1v) is 13.9. The van der Waals surface area contributed by atoms with Crippen molar-refractivity contribution < 1.29 is 49.3 Å². The molecule has 1 saturated heterocycles. The minimum absolute atomic E-state index is 0.0950. The Kier molecular flexibility index (Phi) is 7.80. The number of benzene rings is 4. The molecule has 1 fully saturated rings. The lowest BCUT2D eigenvalue weighted by atomic mass is 10.0. The van der Waals surface area contributed by atoms with Crippen LogP contribution in [0.3, 0.4) is 0 Å². The third-order valence-electron chi connectivity index (χ3n) is 6.81. The minimum atomic E-state index is -4.77. The fraction of sp³-hybridized carbons (Fsp3) is 0.194. The van der Waals surface area contributed by atoms with E-state index < -0.39 is 64.2 Å². The van der Waals surface area contributed by atoms with E-state index in [1.165, 1.54) is 23.5 Å².